The van der Waals surface area contributed by atoms with E-state index in [-0.39, 0.29) is 30.9 Å². The van der Waals surface area contributed by atoms with Crippen molar-refractivity contribution < 1.29 is 28.7 Å². The van der Waals surface area contributed by atoms with Gasteiger partial charge in [0.15, 0.2) is 0 Å². The Morgan fingerprint density at radius 1 is 1.20 bits per heavy atom. The molecule has 0 bridgehead atoms. The van der Waals surface area contributed by atoms with Crippen molar-refractivity contribution in [3.05, 3.63) is 36.1 Å². The first kappa shape index (κ1) is 32.9. The van der Waals surface area contributed by atoms with Crippen LogP contribution in [0, 0.1) is 11.3 Å². The van der Waals surface area contributed by atoms with E-state index in [0.29, 0.717) is 25.0 Å². The maximum atomic E-state index is 13.4. The molecule has 0 aliphatic carbocycles. The molecule has 2 heterocycles. The molecule has 0 aromatic heterocycles. The molecule has 2 rings (SSSR count). The van der Waals surface area contributed by atoms with Gasteiger partial charge in [-0.1, -0.05) is 39.5 Å². The van der Waals surface area contributed by atoms with Crippen molar-refractivity contribution >= 4 is 29.4 Å². The molecule has 3 amide bonds. The summed E-state index contributed by atoms with van der Waals surface area (Å²) in [6.07, 6.45) is 7.39. The van der Waals surface area contributed by atoms with Gasteiger partial charge in [-0.05, 0) is 57.6 Å². The highest BCUT2D eigenvalue weighted by atomic mass is 16.5. The Kier molecular flexibility index (Phi) is 12.3. The highest BCUT2D eigenvalue weighted by Gasteiger charge is 2.45. The molecular weight excluding hydrogens is 514 g/mol. The van der Waals surface area contributed by atoms with Gasteiger partial charge in [0.05, 0.1) is 20.3 Å². The van der Waals surface area contributed by atoms with Gasteiger partial charge in [0, 0.05) is 18.0 Å². The lowest BCUT2D eigenvalue weighted by molar-refractivity contribution is -0.154. The molecule has 0 aromatic rings. The van der Waals surface area contributed by atoms with Crippen molar-refractivity contribution in [1.82, 2.24) is 21.1 Å². The molecular formula is C29H45N5O6. The molecule has 222 valence electrons. The summed E-state index contributed by atoms with van der Waals surface area (Å²) >= 11 is 0. The molecule has 0 saturated carbocycles. The number of esters is 1. The first-order valence-corrected chi connectivity index (χ1v) is 13.8. The second-order valence-corrected chi connectivity index (χ2v) is 10.8. The van der Waals surface area contributed by atoms with E-state index in [9.17, 15) is 19.2 Å². The van der Waals surface area contributed by atoms with Crippen LogP contribution in [0.15, 0.2) is 41.1 Å². The number of aliphatic imine (C=N–C) groups is 1. The molecule has 3 N–H and O–H groups in total. The van der Waals surface area contributed by atoms with Crippen LogP contribution in [0.5, 0.6) is 0 Å². The molecule has 2 aliphatic rings. The largest absolute Gasteiger partial charge is 0.468 e. The predicted octanol–water partition coefficient (Wildman–Crippen LogP) is 2.20. The van der Waals surface area contributed by atoms with Gasteiger partial charge < -0.3 is 20.1 Å². The van der Waals surface area contributed by atoms with E-state index in [1.165, 1.54) is 12.1 Å². The van der Waals surface area contributed by atoms with Crippen LogP contribution < -0.4 is 16.1 Å². The fourth-order valence-corrected chi connectivity index (χ4v) is 4.30. The number of amides is 3. The third kappa shape index (κ3) is 8.85. The number of hydrazine groups is 1. The van der Waals surface area contributed by atoms with E-state index in [1.807, 2.05) is 40.7 Å². The molecule has 11 nitrogen and oxygen atoms in total. The van der Waals surface area contributed by atoms with Crippen molar-refractivity contribution in [2.45, 2.75) is 78.9 Å². The van der Waals surface area contributed by atoms with Gasteiger partial charge in [0.25, 0.3) is 5.91 Å². The fraction of sp³-hybridized carbons (Fsp3) is 0.621. The van der Waals surface area contributed by atoms with Gasteiger partial charge >= 0.3 is 5.97 Å². The topological polar surface area (TPSA) is 138 Å². The molecule has 0 aromatic carbocycles. The van der Waals surface area contributed by atoms with E-state index >= 15 is 0 Å². The highest BCUT2D eigenvalue weighted by molar-refractivity contribution is 5.94. The average molecular weight is 560 g/mol. The molecule has 2 aliphatic heterocycles. The average Bonchev–Trinajstić information content (AvgIpc) is 2.89. The van der Waals surface area contributed by atoms with Crippen molar-refractivity contribution in [2.75, 3.05) is 26.9 Å². The van der Waals surface area contributed by atoms with E-state index in [1.54, 1.807) is 19.1 Å². The SMILES string of the molecule is C=C(/C=C/C1(C(=O)NC(C(=O)NC(C)C(=O)N2CCCC(C(=O)OC)N2)C(C)C)COC1)/C=C(\C)N=C(C)CC. The Labute approximate surface area is 237 Å². The molecule has 0 radical (unpaired) electrons. The van der Waals surface area contributed by atoms with Crippen molar-refractivity contribution in [3.8, 4) is 0 Å². The second-order valence-electron chi connectivity index (χ2n) is 10.8. The van der Waals surface area contributed by atoms with Gasteiger partial charge in [-0.2, -0.15) is 0 Å². The zero-order chi connectivity index (χ0) is 30.0. The lowest BCUT2D eigenvalue weighted by Gasteiger charge is -2.39. The van der Waals surface area contributed by atoms with Crippen LogP contribution in [0.4, 0.5) is 0 Å². The fourth-order valence-electron chi connectivity index (χ4n) is 4.30. The van der Waals surface area contributed by atoms with Crippen LogP contribution in [0.1, 0.15) is 60.8 Å². The minimum Gasteiger partial charge on any atom is -0.468 e. The summed E-state index contributed by atoms with van der Waals surface area (Å²) in [6.45, 7) is 15.9. The van der Waals surface area contributed by atoms with Crippen LogP contribution >= 0.6 is 0 Å². The van der Waals surface area contributed by atoms with Crippen LogP contribution in [0.2, 0.25) is 0 Å². The van der Waals surface area contributed by atoms with Crippen LogP contribution in [0.25, 0.3) is 0 Å². The normalized spacial score (nSPS) is 20.9. The second kappa shape index (κ2) is 14.9. The number of methoxy groups -OCH3 is 1. The molecule has 2 saturated heterocycles. The van der Waals surface area contributed by atoms with E-state index in [2.05, 4.69) is 27.6 Å². The maximum absolute atomic E-state index is 13.4. The van der Waals surface area contributed by atoms with Gasteiger partial charge in [-0.25, -0.2) is 5.43 Å². The molecule has 40 heavy (non-hydrogen) atoms. The number of carbonyl (C=O) groups excluding carboxylic acids is 4. The number of hydrogen-bond acceptors (Lipinski definition) is 8. The van der Waals surface area contributed by atoms with Crippen molar-refractivity contribution in [1.29, 1.82) is 0 Å². The standard InChI is InChI=1S/C29H45N5O6/c1-9-20(5)30-21(6)15-19(4)12-13-29(16-40-17-29)28(38)32-24(18(2)3)25(35)31-22(7)26(36)34-14-10-11-23(33-34)27(37)39-8/h12-13,15,18,22-24,33H,4,9-11,14,16-17H2,1-3,5-8H3,(H,31,35)(H,32,38)/b13-12+,21-15+,30-20?. The van der Waals surface area contributed by atoms with Gasteiger partial charge in [0.1, 0.15) is 23.5 Å². The number of ether oxygens (including phenoxy) is 2. The first-order chi connectivity index (χ1) is 18.8. The summed E-state index contributed by atoms with van der Waals surface area (Å²) in [5.74, 6) is -1.89. The summed E-state index contributed by atoms with van der Waals surface area (Å²) < 4.78 is 10.1. The monoisotopic (exact) mass is 559 g/mol. The highest BCUT2D eigenvalue weighted by Crippen LogP contribution is 2.30. The van der Waals surface area contributed by atoms with Crippen LogP contribution in [-0.4, -0.2) is 79.4 Å². The number of rotatable bonds is 12. The summed E-state index contributed by atoms with van der Waals surface area (Å²) in [6, 6.07) is -2.37. The first-order valence-electron chi connectivity index (χ1n) is 13.8. The summed E-state index contributed by atoms with van der Waals surface area (Å²) in [4.78, 5) is 55.9. The minimum absolute atomic E-state index is 0.182. The van der Waals surface area contributed by atoms with Gasteiger partial charge in [-0.15, -0.1) is 0 Å². The van der Waals surface area contributed by atoms with E-state index in [0.717, 1.165) is 17.8 Å². The zero-order valence-electron chi connectivity index (χ0n) is 24.8. The van der Waals surface area contributed by atoms with Crippen molar-refractivity contribution in [2.24, 2.45) is 16.3 Å². The molecule has 0 spiro atoms. The number of carbonyl (C=O) groups is 4. The molecule has 2 fully saturated rings. The molecule has 3 atom stereocenters. The third-order valence-electron chi connectivity index (χ3n) is 6.96. The Morgan fingerprint density at radius 2 is 1.88 bits per heavy atom. The zero-order valence-corrected chi connectivity index (χ0v) is 24.8. The Morgan fingerprint density at radius 3 is 2.42 bits per heavy atom. The number of nitrogens with one attached hydrogen (secondary N) is 3. The summed E-state index contributed by atoms with van der Waals surface area (Å²) in [7, 11) is 1.29. The number of nitrogens with zero attached hydrogens (tertiary/aromatic N) is 2. The Hall–Kier alpha value is -3.31. The molecule has 3 unspecified atom stereocenters. The van der Waals surface area contributed by atoms with Gasteiger partial charge in [0.2, 0.25) is 11.8 Å². The van der Waals surface area contributed by atoms with Crippen LogP contribution in [0.3, 0.4) is 0 Å². The van der Waals surface area contributed by atoms with Crippen molar-refractivity contribution in [3.63, 3.8) is 0 Å². The number of hydrogen-bond donors (Lipinski definition) is 3. The Bertz CT molecular complexity index is 1060. The quantitative estimate of drug-likeness (QED) is 0.189. The minimum atomic E-state index is -0.928. The van der Waals surface area contributed by atoms with E-state index in [4.69, 9.17) is 9.47 Å². The lowest BCUT2D eigenvalue weighted by Crippen LogP contribution is -2.62. The Balaban J connectivity index is 2.05. The summed E-state index contributed by atoms with van der Waals surface area (Å²) in [5.41, 5.74) is 4.47. The lowest BCUT2D eigenvalue weighted by atomic mass is 9.83. The third-order valence-corrected chi connectivity index (χ3v) is 6.96. The number of allylic oxidation sites excluding steroid dienone is 4. The van der Waals surface area contributed by atoms with Crippen LogP contribution in [-0.2, 0) is 28.7 Å². The summed E-state index contributed by atoms with van der Waals surface area (Å²) in [5, 5.41) is 6.91. The predicted molar refractivity (Wildman–Crippen MR) is 153 cm³/mol. The smallest absolute Gasteiger partial charge is 0.324 e. The maximum Gasteiger partial charge on any atom is 0.324 e. The van der Waals surface area contributed by atoms with E-state index < -0.39 is 35.4 Å². The molecule has 11 heteroatoms. The van der Waals surface area contributed by atoms with Gasteiger partial charge in [-0.3, -0.25) is 29.2 Å².